The van der Waals surface area contributed by atoms with Crippen molar-refractivity contribution >= 4 is 10.0 Å². The molecule has 0 spiro atoms. The highest BCUT2D eigenvalue weighted by molar-refractivity contribution is 7.89. The molecule has 1 heterocycles. The molecule has 21 heavy (non-hydrogen) atoms. The summed E-state index contributed by atoms with van der Waals surface area (Å²) in [5.41, 5.74) is 6.37. The Balaban J connectivity index is 2.19. The fourth-order valence-electron chi connectivity index (χ4n) is 2.07. The molecule has 0 amide bonds. The lowest BCUT2D eigenvalue weighted by Crippen LogP contribution is -2.28. The van der Waals surface area contributed by atoms with E-state index in [4.69, 9.17) is 5.73 Å². The molecular formula is C14H20N4O2S. The van der Waals surface area contributed by atoms with Crippen molar-refractivity contribution in [3.63, 3.8) is 0 Å². The quantitative estimate of drug-likeness (QED) is 0.806. The van der Waals surface area contributed by atoms with Crippen LogP contribution in [0.5, 0.6) is 0 Å². The van der Waals surface area contributed by atoms with E-state index in [2.05, 4.69) is 9.82 Å². The molecule has 0 saturated carbocycles. The molecule has 2 aromatic rings. The number of hydrogen-bond acceptors (Lipinski definition) is 4. The van der Waals surface area contributed by atoms with Gasteiger partial charge in [-0.25, -0.2) is 13.1 Å². The molecule has 0 aliphatic heterocycles. The van der Waals surface area contributed by atoms with Crippen LogP contribution in [0.25, 0.3) is 0 Å². The summed E-state index contributed by atoms with van der Waals surface area (Å²) >= 11 is 0. The molecule has 2 rings (SSSR count). The predicted molar refractivity (Wildman–Crippen MR) is 81.1 cm³/mol. The summed E-state index contributed by atoms with van der Waals surface area (Å²) in [5, 5.41) is 4.00. The largest absolute Gasteiger partial charge is 0.329 e. The van der Waals surface area contributed by atoms with Gasteiger partial charge in [0, 0.05) is 18.8 Å². The van der Waals surface area contributed by atoms with Gasteiger partial charge >= 0.3 is 0 Å². The van der Waals surface area contributed by atoms with E-state index in [9.17, 15) is 8.42 Å². The number of nitrogens with one attached hydrogen (secondary N) is 1. The van der Waals surface area contributed by atoms with Crippen molar-refractivity contribution in [2.24, 2.45) is 5.73 Å². The Kier molecular flexibility index (Phi) is 5.11. The number of benzene rings is 1. The highest BCUT2D eigenvalue weighted by atomic mass is 32.2. The van der Waals surface area contributed by atoms with Crippen LogP contribution in [-0.2, 0) is 16.6 Å². The summed E-state index contributed by atoms with van der Waals surface area (Å²) in [7, 11) is -3.59. The van der Waals surface area contributed by atoms with Gasteiger partial charge in [-0.3, -0.25) is 4.68 Å². The summed E-state index contributed by atoms with van der Waals surface area (Å²) in [6.45, 7) is 2.85. The first-order valence-electron chi connectivity index (χ1n) is 6.86. The average molecular weight is 308 g/mol. The highest BCUT2D eigenvalue weighted by Gasteiger charge is 2.21. The molecule has 0 aliphatic rings. The van der Waals surface area contributed by atoms with Crippen molar-refractivity contribution in [3.05, 3.63) is 48.3 Å². The average Bonchev–Trinajstić information content (AvgIpc) is 2.96. The van der Waals surface area contributed by atoms with Crippen LogP contribution in [0.3, 0.4) is 0 Å². The van der Waals surface area contributed by atoms with Crippen LogP contribution in [0.4, 0.5) is 0 Å². The van der Waals surface area contributed by atoms with Crippen molar-refractivity contribution < 1.29 is 8.42 Å². The van der Waals surface area contributed by atoms with Crippen molar-refractivity contribution in [2.45, 2.75) is 30.8 Å². The lowest BCUT2D eigenvalue weighted by molar-refractivity contribution is 0.549. The summed E-state index contributed by atoms with van der Waals surface area (Å²) in [6.07, 6.45) is 3.50. The fraction of sp³-hybridized carbons (Fsp3) is 0.357. The van der Waals surface area contributed by atoms with Crippen molar-refractivity contribution in [3.8, 4) is 0 Å². The normalized spacial score (nSPS) is 13.2. The second-order valence-electron chi connectivity index (χ2n) is 4.72. The Labute approximate surface area is 125 Å². The first-order valence-corrected chi connectivity index (χ1v) is 8.35. The zero-order valence-electron chi connectivity index (χ0n) is 11.9. The third-order valence-electron chi connectivity index (χ3n) is 3.19. The van der Waals surface area contributed by atoms with E-state index in [0.29, 0.717) is 19.5 Å². The van der Waals surface area contributed by atoms with E-state index in [0.717, 1.165) is 5.56 Å². The standard InChI is InChI=1S/C14H20N4O2S/c1-2-14(12-6-4-3-5-7-12)17-21(19,20)13-10-16-18(11-13)9-8-15/h3-7,10-11,14,17H,2,8-9,15H2,1H3. The van der Waals surface area contributed by atoms with Crippen molar-refractivity contribution in [2.75, 3.05) is 6.54 Å². The SMILES string of the molecule is CCC(NS(=O)(=O)c1cnn(CCN)c1)c1ccccc1. The molecule has 1 aromatic carbocycles. The molecule has 0 radical (unpaired) electrons. The Morgan fingerprint density at radius 2 is 2.05 bits per heavy atom. The molecule has 114 valence electrons. The lowest BCUT2D eigenvalue weighted by atomic mass is 10.1. The maximum Gasteiger partial charge on any atom is 0.244 e. The molecule has 1 unspecified atom stereocenters. The second-order valence-corrected chi connectivity index (χ2v) is 6.43. The first kappa shape index (κ1) is 15.7. The van der Waals surface area contributed by atoms with Gasteiger partial charge in [0.1, 0.15) is 4.90 Å². The zero-order valence-corrected chi connectivity index (χ0v) is 12.8. The van der Waals surface area contributed by atoms with Gasteiger partial charge in [-0.1, -0.05) is 37.3 Å². The molecule has 0 aliphatic carbocycles. The van der Waals surface area contributed by atoms with Crippen LogP contribution in [0.1, 0.15) is 24.9 Å². The fourth-order valence-corrected chi connectivity index (χ4v) is 3.33. The molecule has 1 atom stereocenters. The van der Waals surface area contributed by atoms with Crippen molar-refractivity contribution in [1.29, 1.82) is 0 Å². The van der Waals surface area contributed by atoms with Crippen molar-refractivity contribution in [1.82, 2.24) is 14.5 Å². The monoisotopic (exact) mass is 308 g/mol. The molecule has 3 N–H and O–H groups in total. The smallest absolute Gasteiger partial charge is 0.244 e. The maximum absolute atomic E-state index is 12.4. The lowest BCUT2D eigenvalue weighted by Gasteiger charge is -2.16. The number of rotatable bonds is 7. The van der Waals surface area contributed by atoms with Gasteiger partial charge in [0.15, 0.2) is 0 Å². The molecule has 7 heteroatoms. The zero-order chi connectivity index (χ0) is 15.3. The first-order chi connectivity index (χ1) is 10.1. The third-order valence-corrected chi connectivity index (χ3v) is 4.61. The topological polar surface area (TPSA) is 90.0 Å². The predicted octanol–water partition coefficient (Wildman–Crippen LogP) is 1.27. The van der Waals surface area contributed by atoms with Crippen LogP contribution in [0.2, 0.25) is 0 Å². The summed E-state index contributed by atoms with van der Waals surface area (Å²) < 4.78 is 29.0. The van der Waals surface area contributed by atoms with Gasteiger partial charge in [-0.2, -0.15) is 5.10 Å². The summed E-state index contributed by atoms with van der Waals surface area (Å²) in [6, 6.07) is 9.26. The molecule has 0 saturated heterocycles. The number of sulfonamides is 1. The van der Waals surface area contributed by atoms with E-state index in [1.165, 1.54) is 17.1 Å². The third kappa shape index (κ3) is 3.90. The van der Waals surface area contributed by atoms with Gasteiger partial charge in [0.2, 0.25) is 10.0 Å². The maximum atomic E-state index is 12.4. The van der Waals surface area contributed by atoms with E-state index in [1.807, 2.05) is 37.3 Å². The Bertz CT molecular complexity index is 667. The van der Waals surface area contributed by atoms with Gasteiger partial charge < -0.3 is 5.73 Å². The van der Waals surface area contributed by atoms with E-state index in [1.54, 1.807) is 0 Å². The van der Waals surface area contributed by atoms with Gasteiger partial charge in [0.05, 0.1) is 12.7 Å². The van der Waals surface area contributed by atoms with Crippen LogP contribution in [0.15, 0.2) is 47.6 Å². The Morgan fingerprint density at radius 1 is 1.33 bits per heavy atom. The van der Waals surface area contributed by atoms with E-state index >= 15 is 0 Å². The molecule has 0 fully saturated rings. The highest BCUT2D eigenvalue weighted by Crippen LogP contribution is 2.19. The minimum absolute atomic E-state index is 0.158. The molecule has 1 aromatic heterocycles. The second kappa shape index (κ2) is 6.84. The minimum atomic E-state index is -3.59. The number of nitrogens with two attached hydrogens (primary N) is 1. The summed E-state index contributed by atoms with van der Waals surface area (Å²) in [5.74, 6) is 0. The van der Waals surface area contributed by atoms with Crippen LogP contribution < -0.4 is 10.5 Å². The number of hydrogen-bond donors (Lipinski definition) is 2. The van der Waals surface area contributed by atoms with Gasteiger partial charge in [-0.15, -0.1) is 0 Å². The van der Waals surface area contributed by atoms with Gasteiger partial charge in [-0.05, 0) is 12.0 Å². The Hall–Kier alpha value is -1.70. The van der Waals surface area contributed by atoms with Crippen LogP contribution >= 0.6 is 0 Å². The van der Waals surface area contributed by atoms with E-state index < -0.39 is 10.0 Å². The van der Waals surface area contributed by atoms with Crippen LogP contribution in [-0.4, -0.2) is 24.7 Å². The number of nitrogens with zero attached hydrogens (tertiary/aromatic N) is 2. The van der Waals surface area contributed by atoms with Crippen LogP contribution in [0, 0.1) is 0 Å². The number of aromatic nitrogens is 2. The van der Waals surface area contributed by atoms with Gasteiger partial charge in [0.25, 0.3) is 0 Å². The minimum Gasteiger partial charge on any atom is -0.329 e. The Morgan fingerprint density at radius 3 is 2.67 bits per heavy atom. The molecule has 0 bridgehead atoms. The molecule has 6 nitrogen and oxygen atoms in total. The summed E-state index contributed by atoms with van der Waals surface area (Å²) in [4.78, 5) is 0.158. The van der Waals surface area contributed by atoms with E-state index in [-0.39, 0.29) is 10.9 Å². The molecular weight excluding hydrogens is 288 g/mol.